The molecule has 2 aromatic heterocycles. The minimum absolute atomic E-state index is 0.0435. The molecular weight excluding hydrogens is 544 g/mol. The molecule has 2 aromatic rings. The maximum Gasteiger partial charge on any atom is 0.560 e. The summed E-state index contributed by atoms with van der Waals surface area (Å²) in [6, 6.07) is 3.86. The Morgan fingerprint density at radius 3 is 1.45 bits per heavy atom. The molecule has 6 rings (SSSR count). The van der Waals surface area contributed by atoms with Crippen molar-refractivity contribution in [1.29, 1.82) is 0 Å². The highest BCUT2D eigenvalue weighted by Gasteiger charge is 2.52. The fourth-order valence-corrected chi connectivity index (χ4v) is 7.74. The van der Waals surface area contributed by atoms with Gasteiger partial charge in [-0.05, 0) is 77.3 Å². The number of aromatic nitrogens is 4. The van der Waals surface area contributed by atoms with E-state index in [2.05, 4.69) is 10.2 Å². The zero-order valence-electron chi connectivity index (χ0n) is 24.3. The summed E-state index contributed by atoms with van der Waals surface area (Å²) in [5.41, 5.74) is 3.72. The second-order valence-electron chi connectivity index (χ2n) is 12.2. The lowest BCUT2D eigenvalue weighted by Gasteiger charge is -2.25. The first-order valence-corrected chi connectivity index (χ1v) is 14.7. The van der Waals surface area contributed by atoms with Crippen LogP contribution in [-0.2, 0) is 28.9 Å². The largest absolute Gasteiger partial charge is 0.560 e. The fraction of sp³-hybridized carbons (Fsp3) is 0.621. The molecule has 13 nitrogen and oxygen atoms in total. The van der Waals surface area contributed by atoms with Gasteiger partial charge in [0.25, 0.3) is 23.6 Å². The first-order valence-electron chi connectivity index (χ1n) is 14.7. The Hall–Kier alpha value is -4.03. The topological polar surface area (TPSA) is 146 Å². The van der Waals surface area contributed by atoms with Crippen molar-refractivity contribution >= 4 is 29.8 Å². The SMILES string of the molecule is Cc1cc(C)n(C2CCCC2C2CC(=O)N(OC(=O)ON3C(=O)CC(C4CCCC4n4nc(C)cc4C)C3=O)C2=O)n1. The number of amides is 4. The van der Waals surface area contributed by atoms with Crippen LogP contribution < -0.4 is 0 Å². The molecule has 2 aliphatic heterocycles. The van der Waals surface area contributed by atoms with Crippen molar-refractivity contribution in [2.75, 3.05) is 0 Å². The zero-order chi connectivity index (χ0) is 29.9. The average molecular weight is 581 g/mol. The molecule has 6 atom stereocenters. The molecule has 2 saturated heterocycles. The van der Waals surface area contributed by atoms with Gasteiger partial charge in [0.05, 0.1) is 35.3 Å². The Balaban J connectivity index is 1.10. The van der Waals surface area contributed by atoms with Gasteiger partial charge in [-0.25, -0.2) is 0 Å². The van der Waals surface area contributed by atoms with Gasteiger partial charge in [-0.15, -0.1) is 0 Å². The van der Waals surface area contributed by atoms with Crippen molar-refractivity contribution in [3.8, 4) is 0 Å². The van der Waals surface area contributed by atoms with Crippen molar-refractivity contribution in [3.05, 3.63) is 34.9 Å². The minimum Gasteiger partial charge on any atom is -0.293 e. The van der Waals surface area contributed by atoms with Crippen LogP contribution in [-0.4, -0.2) is 59.5 Å². The quantitative estimate of drug-likeness (QED) is 0.469. The molecule has 0 bridgehead atoms. The Bertz CT molecular complexity index is 1360. The molecule has 2 saturated carbocycles. The van der Waals surface area contributed by atoms with Gasteiger partial charge in [-0.3, -0.25) is 38.2 Å². The molecule has 2 aliphatic carbocycles. The van der Waals surface area contributed by atoms with Crippen molar-refractivity contribution in [3.63, 3.8) is 0 Å². The monoisotopic (exact) mass is 580 g/mol. The maximum atomic E-state index is 13.3. The average Bonchev–Trinajstić information content (AvgIpc) is 3.77. The first kappa shape index (κ1) is 28.1. The smallest absolute Gasteiger partial charge is 0.293 e. The van der Waals surface area contributed by atoms with E-state index in [9.17, 15) is 24.0 Å². The van der Waals surface area contributed by atoms with Gasteiger partial charge in [0.2, 0.25) is 0 Å². The minimum atomic E-state index is -1.48. The summed E-state index contributed by atoms with van der Waals surface area (Å²) in [6.45, 7) is 7.73. The summed E-state index contributed by atoms with van der Waals surface area (Å²) in [7, 11) is 0. The summed E-state index contributed by atoms with van der Waals surface area (Å²) in [5.74, 6) is -4.24. The fourth-order valence-electron chi connectivity index (χ4n) is 7.74. The molecule has 0 aromatic carbocycles. The first-order chi connectivity index (χ1) is 20.0. The third kappa shape index (κ3) is 4.78. The number of nitrogens with zero attached hydrogens (tertiary/aromatic N) is 6. The molecule has 4 amide bonds. The summed E-state index contributed by atoms with van der Waals surface area (Å²) in [5, 5.41) is 10.0. The second kappa shape index (κ2) is 10.7. The van der Waals surface area contributed by atoms with Gasteiger partial charge in [0, 0.05) is 24.2 Å². The molecule has 4 aliphatic rings. The number of aryl methyl sites for hydroxylation is 4. The molecule has 4 fully saturated rings. The van der Waals surface area contributed by atoms with E-state index in [1.54, 1.807) is 0 Å². The van der Waals surface area contributed by atoms with Crippen molar-refractivity contribution in [2.45, 2.75) is 91.1 Å². The van der Waals surface area contributed by atoms with Crippen molar-refractivity contribution in [1.82, 2.24) is 29.7 Å². The molecule has 4 heterocycles. The van der Waals surface area contributed by atoms with E-state index >= 15 is 0 Å². The highest BCUT2D eigenvalue weighted by atomic mass is 16.9. The molecular formula is C29H36N6O7. The zero-order valence-corrected chi connectivity index (χ0v) is 24.3. The van der Waals surface area contributed by atoms with Gasteiger partial charge >= 0.3 is 6.16 Å². The van der Waals surface area contributed by atoms with E-state index in [0.29, 0.717) is 10.1 Å². The van der Waals surface area contributed by atoms with E-state index in [-0.39, 0.29) is 36.8 Å². The van der Waals surface area contributed by atoms with Crippen LogP contribution in [0.15, 0.2) is 12.1 Å². The number of carbonyl (C=O) groups excluding carboxylic acids is 5. The maximum absolute atomic E-state index is 13.3. The lowest BCUT2D eigenvalue weighted by atomic mass is 9.86. The van der Waals surface area contributed by atoms with Crippen LogP contribution in [0.1, 0.15) is 86.2 Å². The summed E-state index contributed by atoms with van der Waals surface area (Å²) < 4.78 is 3.85. The lowest BCUT2D eigenvalue weighted by molar-refractivity contribution is -0.199. The summed E-state index contributed by atoms with van der Waals surface area (Å²) >= 11 is 0. The third-order valence-corrected chi connectivity index (χ3v) is 9.42. The molecule has 0 radical (unpaired) electrons. The Labute approximate surface area is 243 Å². The number of hydroxylamine groups is 4. The molecule has 6 unspecified atom stereocenters. The number of rotatable bonds is 6. The van der Waals surface area contributed by atoms with Gasteiger partial charge in [-0.2, -0.15) is 15.0 Å². The second-order valence-corrected chi connectivity index (χ2v) is 12.2. The highest BCUT2D eigenvalue weighted by molar-refractivity contribution is 6.04. The Kier molecular flexibility index (Phi) is 7.14. The van der Waals surface area contributed by atoms with E-state index in [1.807, 2.05) is 49.2 Å². The predicted molar refractivity (Wildman–Crippen MR) is 144 cm³/mol. The van der Waals surface area contributed by atoms with Crippen LogP contribution in [0, 0.1) is 51.4 Å². The van der Waals surface area contributed by atoms with Gasteiger partial charge in [-0.1, -0.05) is 23.0 Å². The van der Waals surface area contributed by atoms with Crippen LogP contribution >= 0.6 is 0 Å². The number of hydrogen-bond acceptors (Lipinski definition) is 9. The lowest BCUT2D eigenvalue weighted by Crippen LogP contribution is -2.40. The summed E-state index contributed by atoms with van der Waals surface area (Å²) in [4.78, 5) is 74.9. The number of imide groups is 2. The number of hydrogen-bond donors (Lipinski definition) is 0. The molecule has 13 heteroatoms. The van der Waals surface area contributed by atoms with Crippen LogP contribution in [0.25, 0.3) is 0 Å². The van der Waals surface area contributed by atoms with Crippen LogP contribution in [0.2, 0.25) is 0 Å². The molecule has 0 spiro atoms. The van der Waals surface area contributed by atoms with Gasteiger partial charge in [0.1, 0.15) is 0 Å². The van der Waals surface area contributed by atoms with E-state index in [0.717, 1.165) is 61.3 Å². The van der Waals surface area contributed by atoms with Crippen molar-refractivity contribution in [2.24, 2.45) is 23.7 Å². The Morgan fingerprint density at radius 1 is 0.690 bits per heavy atom. The third-order valence-electron chi connectivity index (χ3n) is 9.42. The van der Waals surface area contributed by atoms with Gasteiger partial charge < -0.3 is 0 Å². The Morgan fingerprint density at radius 2 is 1.10 bits per heavy atom. The predicted octanol–water partition coefficient (Wildman–Crippen LogP) is 3.43. The van der Waals surface area contributed by atoms with Crippen LogP contribution in [0.5, 0.6) is 0 Å². The normalized spacial score (nSPS) is 29.8. The van der Waals surface area contributed by atoms with E-state index in [1.165, 1.54) is 0 Å². The molecule has 0 N–H and O–H groups in total. The van der Waals surface area contributed by atoms with Crippen LogP contribution in [0.4, 0.5) is 4.79 Å². The highest BCUT2D eigenvalue weighted by Crippen LogP contribution is 2.46. The number of carbonyl (C=O) groups is 5. The van der Waals surface area contributed by atoms with Crippen LogP contribution in [0.3, 0.4) is 0 Å². The van der Waals surface area contributed by atoms with Crippen molar-refractivity contribution < 1.29 is 33.6 Å². The van der Waals surface area contributed by atoms with E-state index < -0.39 is 41.6 Å². The molecule has 42 heavy (non-hydrogen) atoms. The van der Waals surface area contributed by atoms with E-state index in [4.69, 9.17) is 9.68 Å². The standard InChI is InChI=1S/C29H36N6O7/c1-15-11-17(3)32(30-15)23-9-5-7-19(23)21-13-25(36)34(27(21)38)41-29(40)42-35-26(37)14-22(28(35)39)20-8-6-10-24(20)33-18(4)12-16(2)31-33/h11-12,19-24H,5-10,13-14H2,1-4H3. The van der Waals surface area contributed by atoms with Gasteiger partial charge in [0.15, 0.2) is 0 Å². The summed E-state index contributed by atoms with van der Waals surface area (Å²) in [6.07, 6.45) is 3.21. The molecule has 224 valence electrons.